The number of carbonyl (C=O) groups excluding carboxylic acids is 1. The normalized spacial score (nSPS) is 28.0. The first-order valence-electron chi connectivity index (χ1n) is 6.37. The SMILES string of the molecule is O=C(NC1CC1)N[C@H]1CCC[C@H]1n1ccnc1. The van der Waals surface area contributed by atoms with E-state index in [4.69, 9.17) is 0 Å². The zero-order valence-corrected chi connectivity index (χ0v) is 9.80. The lowest BCUT2D eigenvalue weighted by Gasteiger charge is -2.22. The van der Waals surface area contributed by atoms with Crippen molar-refractivity contribution in [2.75, 3.05) is 0 Å². The molecule has 2 aliphatic carbocycles. The standard InChI is InChI=1S/C12H18N4O/c17-12(14-9-4-5-9)15-10-2-1-3-11(10)16-7-6-13-8-16/h6-11H,1-5H2,(H2,14,15,17)/t10-,11+/m0/s1. The van der Waals surface area contributed by atoms with Gasteiger partial charge in [0, 0.05) is 18.4 Å². The summed E-state index contributed by atoms with van der Waals surface area (Å²) in [5.41, 5.74) is 0. The lowest BCUT2D eigenvalue weighted by Crippen LogP contribution is -2.44. The van der Waals surface area contributed by atoms with Crippen LogP contribution in [0.5, 0.6) is 0 Å². The molecule has 0 aliphatic heterocycles. The summed E-state index contributed by atoms with van der Waals surface area (Å²) in [7, 11) is 0. The Balaban J connectivity index is 1.59. The molecule has 5 heteroatoms. The van der Waals surface area contributed by atoms with Gasteiger partial charge >= 0.3 is 6.03 Å². The molecule has 2 N–H and O–H groups in total. The van der Waals surface area contributed by atoms with E-state index in [-0.39, 0.29) is 12.1 Å². The average molecular weight is 234 g/mol. The summed E-state index contributed by atoms with van der Waals surface area (Å²) < 4.78 is 2.11. The highest BCUT2D eigenvalue weighted by Crippen LogP contribution is 2.30. The van der Waals surface area contributed by atoms with Gasteiger partial charge in [0.05, 0.1) is 18.4 Å². The molecule has 0 radical (unpaired) electrons. The molecule has 2 amide bonds. The molecule has 2 saturated carbocycles. The highest BCUT2D eigenvalue weighted by Gasteiger charge is 2.31. The summed E-state index contributed by atoms with van der Waals surface area (Å²) in [6, 6.07) is 1.01. The molecular formula is C12H18N4O. The molecule has 0 saturated heterocycles. The highest BCUT2D eigenvalue weighted by molar-refractivity contribution is 5.75. The number of imidazole rings is 1. The summed E-state index contributed by atoms with van der Waals surface area (Å²) >= 11 is 0. The van der Waals surface area contributed by atoms with E-state index in [2.05, 4.69) is 20.2 Å². The van der Waals surface area contributed by atoms with Crippen molar-refractivity contribution in [3.8, 4) is 0 Å². The van der Waals surface area contributed by atoms with Crippen LogP contribution < -0.4 is 10.6 Å². The molecule has 1 aromatic heterocycles. The number of hydrogen-bond donors (Lipinski definition) is 2. The van der Waals surface area contributed by atoms with Gasteiger partial charge in [-0.05, 0) is 32.1 Å². The van der Waals surface area contributed by atoms with Gasteiger partial charge in [0.25, 0.3) is 0 Å². The third-order valence-corrected chi connectivity index (χ3v) is 3.62. The molecule has 0 bridgehead atoms. The molecule has 2 fully saturated rings. The summed E-state index contributed by atoms with van der Waals surface area (Å²) in [6.07, 6.45) is 11.2. The second-order valence-electron chi connectivity index (χ2n) is 5.01. The zero-order chi connectivity index (χ0) is 11.7. The predicted molar refractivity (Wildman–Crippen MR) is 63.6 cm³/mol. The average Bonchev–Trinajstić information content (AvgIpc) is 2.83. The van der Waals surface area contributed by atoms with Crippen molar-refractivity contribution < 1.29 is 4.79 Å². The molecule has 0 unspecified atom stereocenters. The van der Waals surface area contributed by atoms with Crippen LogP contribution in [0.3, 0.4) is 0 Å². The summed E-state index contributed by atoms with van der Waals surface area (Å²) in [5, 5.41) is 6.06. The van der Waals surface area contributed by atoms with E-state index in [0.29, 0.717) is 12.1 Å². The molecular weight excluding hydrogens is 216 g/mol. The van der Waals surface area contributed by atoms with Crippen molar-refractivity contribution in [1.82, 2.24) is 20.2 Å². The van der Waals surface area contributed by atoms with E-state index in [1.165, 1.54) is 0 Å². The Labute approximate surface area is 101 Å². The van der Waals surface area contributed by atoms with E-state index in [1.54, 1.807) is 6.20 Å². The van der Waals surface area contributed by atoms with Crippen molar-refractivity contribution in [1.29, 1.82) is 0 Å². The zero-order valence-electron chi connectivity index (χ0n) is 9.80. The second kappa shape index (κ2) is 4.39. The second-order valence-corrected chi connectivity index (χ2v) is 5.01. The molecule has 2 atom stereocenters. The number of nitrogens with one attached hydrogen (secondary N) is 2. The van der Waals surface area contributed by atoms with Crippen LogP contribution in [-0.4, -0.2) is 27.7 Å². The predicted octanol–water partition coefficient (Wildman–Crippen LogP) is 1.44. The fourth-order valence-corrected chi connectivity index (χ4v) is 2.55. The van der Waals surface area contributed by atoms with Gasteiger partial charge in [-0.25, -0.2) is 9.78 Å². The Hall–Kier alpha value is -1.52. The van der Waals surface area contributed by atoms with Gasteiger partial charge in [0.15, 0.2) is 0 Å². The van der Waals surface area contributed by atoms with Crippen LogP contribution >= 0.6 is 0 Å². The first kappa shape index (κ1) is 10.6. The van der Waals surface area contributed by atoms with Crippen molar-refractivity contribution in [2.45, 2.75) is 50.2 Å². The van der Waals surface area contributed by atoms with Crippen LogP contribution in [0.15, 0.2) is 18.7 Å². The molecule has 92 valence electrons. The Morgan fingerprint density at radius 2 is 2.12 bits per heavy atom. The molecule has 0 aromatic carbocycles. The first-order chi connectivity index (χ1) is 8.33. The smallest absolute Gasteiger partial charge is 0.315 e. The van der Waals surface area contributed by atoms with Crippen LogP contribution in [-0.2, 0) is 0 Å². The van der Waals surface area contributed by atoms with Crippen LogP contribution in [0.25, 0.3) is 0 Å². The van der Waals surface area contributed by atoms with Gasteiger partial charge in [0.2, 0.25) is 0 Å². The number of amides is 2. The van der Waals surface area contributed by atoms with Gasteiger partial charge in [-0.2, -0.15) is 0 Å². The Morgan fingerprint density at radius 3 is 2.82 bits per heavy atom. The van der Waals surface area contributed by atoms with Crippen LogP contribution in [0, 0.1) is 0 Å². The van der Waals surface area contributed by atoms with Gasteiger partial charge in [-0.3, -0.25) is 0 Å². The van der Waals surface area contributed by atoms with Gasteiger partial charge in [-0.15, -0.1) is 0 Å². The molecule has 5 nitrogen and oxygen atoms in total. The fourth-order valence-electron chi connectivity index (χ4n) is 2.55. The van der Waals surface area contributed by atoms with Crippen LogP contribution in [0.1, 0.15) is 38.1 Å². The number of aromatic nitrogens is 2. The number of carbonyl (C=O) groups is 1. The van der Waals surface area contributed by atoms with E-state index in [9.17, 15) is 4.79 Å². The quantitative estimate of drug-likeness (QED) is 0.831. The van der Waals surface area contributed by atoms with Crippen molar-refractivity contribution >= 4 is 6.03 Å². The van der Waals surface area contributed by atoms with Crippen molar-refractivity contribution in [2.24, 2.45) is 0 Å². The number of nitrogens with zero attached hydrogens (tertiary/aromatic N) is 2. The summed E-state index contributed by atoms with van der Waals surface area (Å²) in [4.78, 5) is 15.8. The monoisotopic (exact) mass is 234 g/mol. The molecule has 17 heavy (non-hydrogen) atoms. The fraction of sp³-hybridized carbons (Fsp3) is 0.667. The lowest BCUT2D eigenvalue weighted by atomic mass is 10.2. The minimum atomic E-state index is -0.00971. The van der Waals surface area contributed by atoms with Crippen molar-refractivity contribution in [3.05, 3.63) is 18.7 Å². The number of hydrogen-bond acceptors (Lipinski definition) is 2. The van der Waals surface area contributed by atoms with Gasteiger partial charge in [0.1, 0.15) is 0 Å². The number of urea groups is 1. The maximum absolute atomic E-state index is 11.7. The van der Waals surface area contributed by atoms with Crippen molar-refractivity contribution in [3.63, 3.8) is 0 Å². The maximum atomic E-state index is 11.7. The van der Waals surface area contributed by atoms with Gasteiger partial charge < -0.3 is 15.2 Å². The minimum absolute atomic E-state index is 0.00971. The summed E-state index contributed by atoms with van der Waals surface area (Å²) in [5.74, 6) is 0. The first-order valence-corrected chi connectivity index (χ1v) is 6.37. The molecule has 1 aromatic rings. The van der Waals surface area contributed by atoms with Crippen LogP contribution in [0.4, 0.5) is 4.79 Å². The Bertz CT molecular complexity index is 385. The van der Waals surface area contributed by atoms with E-state index in [0.717, 1.165) is 32.1 Å². The third-order valence-electron chi connectivity index (χ3n) is 3.62. The molecule has 1 heterocycles. The maximum Gasteiger partial charge on any atom is 0.315 e. The third kappa shape index (κ3) is 2.43. The lowest BCUT2D eigenvalue weighted by molar-refractivity contribution is 0.233. The number of rotatable bonds is 3. The summed E-state index contributed by atoms with van der Waals surface area (Å²) in [6.45, 7) is 0. The van der Waals surface area contributed by atoms with Gasteiger partial charge in [-0.1, -0.05) is 0 Å². The van der Waals surface area contributed by atoms with E-state index < -0.39 is 0 Å². The largest absolute Gasteiger partial charge is 0.335 e. The molecule has 0 spiro atoms. The molecule has 3 rings (SSSR count). The van der Waals surface area contributed by atoms with Crippen LogP contribution in [0.2, 0.25) is 0 Å². The minimum Gasteiger partial charge on any atom is -0.335 e. The Kier molecular flexibility index (Phi) is 2.74. The topological polar surface area (TPSA) is 59.0 Å². The van der Waals surface area contributed by atoms with E-state index >= 15 is 0 Å². The molecule has 2 aliphatic rings. The Morgan fingerprint density at radius 1 is 1.24 bits per heavy atom. The highest BCUT2D eigenvalue weighted by atomic mass is 16.2. The van der Waals surface area contributed by atoms with E-state index in [1.807, 2.05) is 12.5 Å².